The van der Waals surface area contributed by atoms with Crippen molar-refractivity contribution in [3.8, 4) is 0 Å². The predicted octanol–water partition coefficient (Wildman–Crippen LogP) is 4.80. The summed E-state index contributed by atoms with van der Waals surface area (Å²) in [5.74, 6) is 0. The van der Waals surface area contributed by atoms with E-state index in [0.29, 0.717) is 0 Å². The van der Waals surface area contributed by atoms with Gasteiger partial charge in [-0.3, -0.25) is 4.90 Å². The van der Waals surface area contributed by atoms with Gasteiger partial charge in [0.2, 0.25) is 0 Å². The van der Waals surface area contributed by atoms with Crippen LogP contribution >= 0.6 is 0 Å². The molecule has 0 radical (unpaired) electrons. The van der Waals surface area contributed by atoms with Gasteiger partial charge in [-0.1, -0.05) is 61.7 Å². The van der Waals surface area contributed by atoms with Gasteiger partial charge in [0.15, 0.2) is 0 Å². The van der Waals surface area contributed by atoms with E-state index >= 15 is 0 Å². The van der Waals surface area contributed by atoms with Gasteiger partial charge in [0.25, 0.3) is 0 Å². The number of hydrogen-bond acceptors (Lipinski definition) is 2. The fourth-order valence-corrected chi connectivity index (χ4v) is 4.11. The molecule has 0 aromatic heterocycles. The molecule has 120 valence electrons. The molecular formula is C21H26N2. The third kappa shape index (κ3) is 3.28. The second-order valence-corrected chi connectivity index (χ2v) is 6.98. The van der Waals surface area contributed by atoms with E-state index < -0.39 is 0 Å². The largest absolute Gasteiger partial charge is 0.354 e. The summed E-state index contributed by atoms with van der Waals surface area (Å²) in [6.45, 7) is 3.16. The highest BCUT2D eigenvalue weighted by Crippen LogP contribution is 2.29. The Balaban J connectivity index is 1.65. The van der Waals surface area contributed by atoms with Crippen LogP contribution in [0.5, 0.6) is 0 Å². The van der Waals surface area contributed by atoms with Crippen molar-refractivity contribution >= 4 is 5.69 Å². The van der Waals surface area contributed by atoms with Crippen molar-refractivity contribution in [1.29, 1.82) is 0 Å². The van der Waals surface area contributed by atoms with Crippen LogP contribution in [-0.2, 0) is 13.1 Å². The maximum atomic E-state index is 2.72. The van der Waals surface area contributed by atoms with Gasteiger partial charge in [0, 0.05) is 24.8 Å². The van der Waals surface area contributed by atoms with Crippen LogP contribution in [0.3, 0.4) is 0 Å². The first-order valence-corrected chi connectivity index (χ1v) is 9.01. The Labute approximate surface area is 139 Å². The van der Waals surface area contributed by atoms with Crippen molar-refractivity contribution in [2.75, 3.05) is 11.6 Å². The van der Waals surface area contributed by atoms with Gasteiger partial charge in [0.05, 0.1) is 6.67 Å². The molecular weight excluding hydrogens is 280 g/mol. The molecule has 1 saturated carbocycles. The SMILES string of the molecule is c1ccc(N2Cc3ccccc3CN(C3CCCCC3)C2)cc1. The van der Waals surface area contributed by atoms with Crippen LogP contribution in [0, 0.1) is 0 Å². The lowest BCUT2D eigenvalue weighted by Gasteiger charge is -2.36. The van der Waals surface area contributed by atoms with E-state index in [0.717, 1.165) is 25.8 Å². The topological polar surface area (TPSA) is 6.48 Å². The number of fused-ring (bicyclic) bond motifs is 1. The van der Waals surface area contributed by atoms with Crippen molar-refractivity contribution in [3.63, 3.8) is 0 Å². The standard InChI is InChI=1S/C21H26N2/c1-3-11-20(12-4-1)22-15-18-9-7-8-10-19(18)16-23(17-22)21-13-5-2-6-14-21/h1,3-4,7-12,21H,2,5-6,13-17H2. The zero-order valence-electron chi connectivity index (χ0n) is 13.8. The lowest BCUT2D eigenvalue weighted by Crippen LogP contribution is -2.42. The number of para-hydroxylation sites is 1. The molecule has 2 heteroatoms. The maximum Gasteiger partial charge on any atom is 0.0716 e. The summed E-state index contributed by atoms with van der Waals surface area (Å²) in [6, 6.07) is 20.6. The Kier molecular flexibility index (Phi) is 4.34. The minimum Gasteiger partial charge on any atom is -0.354 e. The molecule has 0 spiro atoms. The number of nitrogens with zero attached hydrogens (tertiary/aromatic N) is 2. The Bertz CT molecular complexity index is 631. The summed E-state index contributed by atoms with van der Waals surface area (Å²) >= 11 is 0. The van der Waals surface area contributed by atoms with Crippen molar-refractivity contribution in [1.82, 2.24) is 4.90 Å². The number of anilines is 1. The van der Waals surface area contributed by atoms with Crippen molar-refractivity contribution in [2.24, 2.45) is 0 Å². The van der Waals surface area contributed by atoms with Gasteiger partial charge >= 0.3 is 0 Å². The third-order valence-corrected chi connectivity index (χ3v) is 5.42. The monoisotopic (exact) mass is 306 g/mol. The highest BCUT2D eigenvalue weighted by molar-refractivity contribution is 5.48. The van der Waals surface area contributed by atoms with E-state index in [9.17, 15) is 0 Å². The molecule has 2 nitrogen and oxygen atoms in total. The number of hydrogen-bond donors (Lipinski definition) is 0. The smallest absolute Gasteiger partial charge is 0.0716 e. The van der Waals surface area contributed by atoms with Gasteiger partial charge in [-0.15, -0.1) is 0 Å². The summed E-state index contributed by atoms with van der Waals surface area (Å²) < 4.78 is 0. The quantitative estimate of drug-likeness (QED) is 0.786. The van der Waals surface area contributed by atoms with E-state index in [-0.39, 0.29) is 0 Å². The first-order chi connectivity index (χ1) is 11.4. The Morgan fingerprint density at radius 1 is 0.696 bits per heavy atom. The molecule has 2 aromatic rings. The maximum absolute atomic E-state index is 2.72. The van der Waals surface area contributed by atoms with Gasteiger partial charge in [-0.05, 0) is 36.1 Å². The summed E-state index contributed by atoms with van der Waals surface area (Å²) in [7, 11) is 0. The van der Waals surface area contributed by atoms with E-state index in [1.165, 1.54) is 48.9 Å². The van der Waals surface area contributed by atoms with E-state index in [1.807, 2.05) is 0 Å². The normalized spacial score (nSPS) is 20.1. The van der Waals surface area contributed by atoms with Crippen LogP contribution in [0.4, 0.5) is 5.69 Å². The number of benzene rings is 2. The lowest BCUT2D eigenvalue weighted by molar-refractivity contribution is 0.151. The van der Waals surface area contributed by atoms with Crippen molar-refractivity contribution < 1.29 is 0 Å². The average molecular weight is 306 g/mol. The summed E-state index contributed by atoms with van der Waals surface area (Å²) in [6.07, 6.45) is 6.95. The molecule has 2 aliphatic rings. The van der Waals surface area contributed by atoms with Crippen LogP contribution < -0.4 is 4.90 Å². The molecule has 23 heavy (non-hydrogen) atoms. The molecule has 0 N–H and O–H groups in total. The zero-order valence-corrected chi connectivity index (χ0v) is 13.8. The predicted molar refractivity (Wildman–Crippen MR) is 96.4 cm³/mol. The van der Waals surface area contributed by atoms with Crippen LogP contribution in [0.1, 0.15) is 43.2 Å². The lowest BCUT2D eigenvalue weighted by atomic mass is 9.94. The molecule has 0 unspecified atom stereocenters. The van der Waals surface area contributed by atoms with Crippen molar-refractivity contribution in [2.45, 2.75) is 51.2 Å². The van der Waals surface area contributed by atoms with Crippen LogP contribution in [0.2, 0.25) is 0 Å². The number of rotatable bonds is 2. The molecule has 0 bridgehead atoms. The Morgan fingerprint density at radius 2 is 1.35 bits per heavy atom. The van der Waals surface area contributed by atoms with E-state index in [2.05, 4.69) is 64.4 Å². The first kappa shape index (κ1) is 14.8. The fraction of sp³-hybridized carbons (Fsp3) is 0.429. The minimum atomic E-state index is 0.751. The molecule has 4 rings (SSSR count). The van der Waals surface area contributed by atoms with Crippen molar-refractivity contribution in [3.05, 3.63) is 65.7 Å². The van der Waals surface area contributed by atoms with E-state index in [1.54, 1.807) is 0 Å². The first-order valence-electron chi connectivity index (χ1n) is 9.01. The molecule has 1 aliphatic heterocycles. The summed E-state index contributed by atoms with van der Waals surface area (Å²) in [5.41, 5.74) is 4.33. The minimum absolute atomic E-state index is 0.751. The molecule has 1 heterocycles. The van der Waals surface area contributed by atoms with Crippen LogP contribution in [0.15, 0.2) is 54.6 Å². The highest BCUT2D eigenvalue weighted by Gasteiger charge is 2.26. The van der Waals surface area contributed by atoms with Crippen LogP contribution in [-0.4, -0.2) is 17.6 Å². The molecule has 1 aliphatic carbocycles. The van der Waals surface area contributed by atoms with Gasteiger partial charge in [-0.2, -0.15) is 0 Å². The zero-order chi connectivity index (χ0) is 15.5. The highest BCUT2D eigenvalue weighted by atomic mass is 15.3. The second kappa shape index (κ2) is 6.76. The second-order valence-electron chi connectivity index (χ2n) is 6.98. The average Bonchev–Trinajstić information content (AvgIpc) is 2.83. The molecule has 2 aromatic carbocycles. The molecule has 1 fully saturated rings. The third-order valence-electron chi connectivity index (χ3n) is 5.42. The molecule has 0 saturated heterocycles. The molecule has 0 atom stereocenters. The Hall–Kier alpha value is -1.80. The van der Waals surface area contributed by atoms with E-state index in [4.69, 9.17) is 0 Å². The fourth-order valence-electron chi connectivity index (χ4n) is 4.11. The van der Waals surface area contributed by atoms with Gasteiger partial charge in [0.1, 0.15) is 0 Å². The van der Waals surface area contributed by atoms with Crippen LogP contribution in [0.25, 0.3) is 0 Å². The summed E-state index contributed by atoms with van der Waals surface area (Å²) in [5, 5.41) is 0. The van der Waals surface area contributed by atoms with Gasteiger partial charge in [-0.25, -0.2) is 0 Å². The summed E-state index contributed by atoms with van der Waals surface area (Å²) in [4.78, 5) is 5.26. The molecule has 0 amide bonds. The van der Waals surface area contributed by atoms with Gasteiger partial charge < -0.3 is 4.90 Å². The Morgan fingerprint density at radius 3 is 2.09 bits per heavy atom.